The standard InChI is InChI=1S/C29H24Cl2FN3O4/c1-29(2,3)16-7-5-14(6-8-16)23-22(24(36)15-11-18(30)26(39-4)19(31)12-15)25(37)27(38)35(23)28-33-20-10-9-17(32)13-21(20)34-28/h5-13,23,36H,1-4H3,(H,33,34)/b24-22+. The van der Waals surface area contributed by atoms with E-state index < -0.39 is 29.3 Å². The Kier molecular flexibility index (Phi) is 6.64. The van der Waals surface area contributed by atoms with Crippen LogP contribution in [0, 0.1) is 5.82 Å². The number of anilines is 1. The highest BCUT2D eigenvalue weighted by Gasteiger charge is 2.48. The van der Waals surface area contributed by atoms with Crippen molar-refractivity contribution in [1.29, 1.82) is 0 Å². The topological polar surface area (TPSA) is 95.5 Å². The second kappa shape index (κ2) is 9.70. The van der Waals surface area contributed by atoms with E-state index in [9.17, 15) is 19.1 Å². The molecule has 5 rings (SSSR count). The number of amides is 1. The van der Waals surface area contributed by atoms with Crippen molar-refractivity contribution in [3.63, 3.8) is 0 Å². The molecule has 0 spiro atoms. The Morgan fingerprint density at radius 2 is 1.69 bits per heavy atom. The molecule has 0 radical (unpaired) electrons. The molecule has 1 aliphatic rings. The minimum absolute atomic E-state index is 0.0347. The van der Waals surface area contributed by atoms with Gasteiger partial charge in [0.15, 0.2) is 5.75 Å². The normalized spacial score (nSPS) is 17.3. The van der Waals surface area contributed by atoms with Gasteiger partial charge in [-0.1, -0.05) is 68.2 Å². The van der Waals surface area contributed by atoms with Gasteiger partial charge in [0, 0.05) is 5.56 Å². The van der Waals surface area contributed by atoms with Crippen LogP contribution in [-0.4, -0.2) is 33.9 Å². The summed E-state index contributed by atoms with van der Waals surface area (Å²) >= 11 is 12.6. The molecule has 0 bridgehead atoms. The van der Waals surface area contributed by atoms with Crippen molar-refractivity contribution < 1.29 is 23.8 Å². The predicted octanol–water partition coefficient (Wildman–Crippen LogP) is 6.94. The van der Waals surface area contributed by atoms with Crippen molar-refractivity contribution in [1.82, 2.24) is 9.97 Å². The SMILES string of the molecule is COc1c(Cl)cc(/C(O)=C2\C(=O)C(=O)N(c3nc4ccc(F)cc4[nH]3)C2c2ccc(C(C)(C)C)cc2)cc1Cl. The zero-order valence-corrected chi connectivity index (χ0v) is 23.0. The molecule has 2 heterocycles. The second-order valence-corrected chi connectivity index (χ2v) is 11.1. The molecule has 1 amide bonds. The maximum absolute atomic E-state index is 13.9. The Bertz CT molecular complexity index is 1650. The predicted molar refractivity (Wildman–Crippen MR) is 149 cm³/mol. The number of halogens is 3. The number of methoxy groups -OCH3 is 1. The molecule has 1 unspecified atom stereocenters. The summed E-state index contributed by atoms with van der Waals surface area (Å²) in [5.74, 6) is -2.54. The number of nitrogens with one attached hydrogen (secondary N) is 1. The first-order valence-electron chi connectivity index (χ1n) is 12.0. The molecule has 39 heavy (non-hydrogen) atoms. The molecule has 1 aromatic heterocycles. The Morgan fingerprint density at radius 1 is 1.05 bits per heavy atom. The number of aromatic nitrogens is 2. The number of carbonyl (C=O) groups excluding carboxylic acids is 2. The van der Waals surface area contributed by atoms with Crippen molar-refractivity contribution in [2.24, 2.45) is 0 Å². The molecule has 1 fully saturated rings. The van der Waals surface area contributed by atoms with Crippen LogP contribution >= 0.6 is 23.2 Å². The first-order valence-corrected chi connectivity index (χ1v) is 12.8. The average Bonchev–Trinajstić information content (AvgIpc) is 3.40. The smallest absolute Gasteiger partial charge is 0.302 e. The minimum atomic E-state index is -1.05. The molecular formula is C29H24Cl2FN3O4. The highest BCUT2D eigenvalue weighted by atomic mass is 35.5. The highest BCUT2D eigenvalue weighted by Crippen LogP contribution is 2.44. The third kappa shape index (κ3) is 4.64. The van der Waals surface area contributed by atoms with Crippen molar-refractivity contribution in [3.8, 4) is 5.75 Å². The quantitative estimate of drug-likeness (QED) is 0.158. The van der Waals surface area contributed by atoms with Crippen LogP contribution in [0.1, 0.15) is 43.5 Å². The van der Waals surface area contributed by atoms with Gasteiger partial charge in [-0.05, 0) is 46.9 Å². The van der Waals surface area contributed by atoms with Gasteiger partial charge in [0.1, 0.15) is 11.6 Å². The molecule has 7 nitrogen and oxygen atoms in total. The third-order valence-corrected chi connectivity index (χ3v) is 7.23. The molecular weight excluding hydrogens is 544 g/mol. The van der Waals surface area contributed by atoms with Gasteiger partial charge < -0.3 is 14.8 Å². The molecule has 4 aromatic rings. The average molecular weight is 568 g/mol. The Morgan fingerprint density at radius 3 is 2.28 bits per heavy atom. The van der Waals surface area contributed by atoms with Crippen molar-refractivity contribution in [2.45, 2.75) is 32.2 Å². The zero-order valence-electron chi connectivity index (χ0n) is 21.5. The van der Waals surface area contributed by atoms with Crippen LogP contribution in [0.3, 0.4) is 0 Å². The molecule has 2 N–H and O–H groups in total. The van der Waals surface area contributed by atoms with E-state index in [-0.39, 0.29) is 38.3 Å². The summed E-state index contributed by atoms with van der Waals surface area (Å²) in [6.07, 6.45) is 0. The first-order chi connectivity index (χ1) is 18.4. The molecule has 1 atom stereocenters. The summed E-state index contributed by atoms with van der Waals surface area (Å²) in [7, 11) is 1.40. The number of H-pyrrole nitrogens is 1. The molecule has 1 aliphatic heterocycles. The number of benzene rings is 3. The fourth-order valence-corrected chi connectivity index (χ4v) is 5.30. The molecule has 0 saturated carbocycles. The fourth-order valence-electron chi connectivity index (χ4n) is 4.66. The molecule has 1 saturated heterocycles. The van der Waals surface area contributed by atoms with Crippen LogP contribution in [0.4, 0.5) is 10.3 Å². The summed E-state index contributed by atoms with van der Waals surface area (Å²) in [4.78, 5) is 35.5. The van der Waals surface area contributed by atoms with Gasteiger partial charge in [0.05, 0.1) is 39.8 Å². The number of ether oxygens (including phenoxy) is 1. The molecule has 200 valence electrons. The van der Waals surface area contributed by atoms with Crippen molar-refractivity contribution in [3.05, 3.63) is 92.7 Å². The maximum Gasteiger partial charge on any atom is 0.302 e. The lowest BCUT2D eigenvalue weighted by Crippen LogP contribution is -2.30. The first kappa shape index (κ1) is 26.7. The van der Waals surface area contributed by atoms with E-state index >= 15 is 0 Å². The Hall–Kier alpha value is -3.88. The summed E-state index contributed by atoms with van der Waals surface area (Å²) in [5, 5.41) is 11.7. The number of aliphatic hydroxyl groups is 1. The van der Waals surface area contributed by atoms with E-state index in [0.29, 0.717) is 16.6 Å². The van der Waals surface area contributed by atoms with E-state index in [0.717, 1.165) is 5.56 Å². The number of hydrogen-bond acceptors (Lipinski definition) is 5. The van der Waals surface area contributed by atoms with Crippen LogP contribution in [0.2, 0.25) is 10.0 Å². The number of imidazole rings is 1. The molecule has 3 aromatic carbocycles. The molecule has 0 aliphatic carbocycles. The number of ketones is 1. The lowest BCUT2D eigenvalue weighted by atomic mass is 9.85. The van der Waals surface area contributed by atoms with E-state index in [1.54, 1.807) is 12.1 Å². The maximum atomic E-state index is 13.9. The number of nitrogens with zero attached hydrogens (tertiary/aromatic N) is 2. The number of carbonyl (C=O) groups is 2. The van der Waals surface area contributed by atoms with Gasteiger partial charge in [-0.3, -0.25) is 14.5 Å². The lowest BCUT2D eigenvalue weighted by molar-refractivity contribution is -0.132. The summed E-state index contributed by atoms with van der Waals surface area (Å²) in [6, 6.07) is 13.1. The lowest BCUT2D eigenvalue weighted by Gasteiger charge is -2.25. The number of rotatable bonds is 4. The van der Waals surface area contributed by atoms with E-state index in [1.807, 2.05) is 12.1 Å². The molecule has 10 heteroatoms. The Labute approximate surface area is 233 Å². The monoisotopic (exact) mass is 567 g/mol. The number of fused-ring (bicyclic) bond motifs is 1. The minimum Gasteiger partial charge on any atom is -0.507 e. The van der Waals surface area contributed by atoms with E-state index in [4.69, 9.17) is 27.9 Å². The van der Waals surface area contributed by atoms with E-state index in [2.05, 4.69) is 30.7 Å². The van der Waals surface area contributed by atoms with Crippen LogP contribution in [0.15, 0.2) is 60.2 Å². The largest absolute Gasteiger partial charge is 0.507 e. The third-order valence-electron chi connectivity index (χ3n) is 6.67. The fraction of sp³-hybridized carbons (Fsp3) is 0.207. The van der Waals surface area contributed by atoms with Crippen molar-refractivity contribution >= 4 is 57.6 Å². The summed E-state index contributed by atoms with van der Waals surface area (Å²) in [5.41, 5.74) is 2.17. The van der Waals surface area contributed by atoms with Gasteiger partial charge >= 0.3 is 5.91 Å². The van der Waals surface area contributed by atoms with Gasteiger partial charge in [-0.15, -0.1) is 0 Å². The van der Waals surface area contributed by atoms with Crippen LogP contribution in [0.25, 0.3) is 16.8 Å². The van der Waals surface area contributed by atoms with E-state index in [1.165, 1.54) is 42.3 Å². The van der Waals surface area contributed by atoms with Gasteiger partial charge in [0.25, 0.3) is 5.78 Å². The number of hydrogen-bond donors (Lipinski definition) is 2. The summed E-state index contributed by atoms with van der Waals surface area (Å²) in [6.45, 7) is 6.20. The highest BCUT2D eigenvalue weighted by molar-refractivity contribution is 6.51. The second-order valence-electron chi connectivity index (χ2n) is 10.2. The van der Waals surface area contributed by atoms with Gasteiger partial charge in [-0.25, -0.2) is 9.37 Å². The van der Waals surface area contributed by atoms with Gasteiger partial charge in [0.2, 0.25) is 5.95 Å². The van der Waals surface area contributed by atoms with Gasteiger partial charge in [-0.2, -0.15) is 0 Å². The van der Waals surface area contributed by atoms with Crippen LogP contribution in [0.5, 0.6) is 5.75 Å². The number of aromatic amines is 1. The number of aliphatic hydroxyl groups excluding tert-OH is 1. The van der Waals surface area contributed by atoms with Crippen LogP contribution in [-0.2, 0) is 15.0 Å². The van der Waals surface area contributed by atoms with Crippen LogP contribution < -0.4 is 9.64 Å². The number of Topliss-reactive ketones (excluding diaryl/α,β-unsaturated/α-hetero) is 1. The van der Waals surface area contributed by atoms with Crippen molar-refractivity contribution in [2.75, 3.05) is 12.0 Å². The summed E-state index contributed by atoms with van der Waals surface area (Å²) < 4.78 is 19.0. The Balaban J connectivity index is 1.73. The zero-order chi connectivity index (χ0) is 28.2.